The first kappa shape index (κ1) is 16.6. The Bertz CT molecular complexity index is 721. The topological polar surface area (TPSA) is 72.7 Å². The van der Waals surface area contributed by atoms with Gasteiger partial charge in [-0.05, 0) is 46.5 Å². The number of hydrogen-bond donors (Lipinski definition) is 1. The molecule has 127 valence electrons. The molecule has 0 amide bonds. The van der Waals surface area contributed by atoms with Crippen LogP contribution in [0.5, 0.6) is 0 Å². The van der Waals surface area contributed by atoms with Gasteiger partial charge in [0.2, 0.25) is 0 Å². The van der Waals surface area contributed by atoms with Gasteiger partial charge in [0, 0.05) is 18.9 Å². The summed E-state index contributed by atoms with van der Waals surface area (Å²) in [5.74, 6) is 1.91. The molecule has 24 heavy (non-hydrogen) atoms. The van der Waals surface area contributed by atoms with Crippen molar-refractivity contribution in [3.8, 4) is 0 Å². The monoisotopic (exact) mass is 326 g/mol. The Balaban J connectivity index is 1.89. The van der Waals surface area contributed by atoms with Gasteiger partial charge in [0.25, 0.3) is 0 Å². The molecule has 0 aromatic carbocycles. The molecule has 1 atom stereocenters. The molecule has 2 heterocycles. The van der Waals surface area contributed by atoms with Gasteiger partial charge in [-0.1, -0.05) is 0 Å². The first-order valence-electron chi connectivity index (χ1n) is 8.36. The third-order valence-corrected chi connectivity index (χ3v) is 4.22. The van der Waals surface area contributed by atoms with Crippen molar-refractivity contribution in [1.82, 2.24) is 19.7 Å². The van der Waals surface area contributed by atoms with Crippen molar-refractivity contribution >= 4 is 17.4 Å². The number of Topliss-reactive ketones (excluding diaryl/α,β-unsaturated/α-hetero) is 1. The second-order valence-electron chi connectivity index (χ2n) is 7.30. The number of nitrogens with zero attached hydrogens (tertiary/aromatic N) is 4. The van der Waals surface area contributed by atoms with E-state index in [1.54, 1.807) is 6.20 Å². The average molecular weight is 326 g/mol. The summed E-state index contributed by atoms with van der Waals surface area (Å²) >= 11 is 0. The number of carbonyl (C=O) groups excluding carboxylic acids is 1. The molecule has 0 saturated heterocycles. The second kappa shape index (κ2) is 6.34. The first-order valence-corrected chi connectivity index (χ1v) is 8.36. The molecule has 1 fully saturated rings. The number of ketones is 1. The van der Waals surface area contributed by atoms with Crippen LogP contribution in [0.4, 0.5) is 11.6 Å². The van der Waals surface area contributed by atoms with Gasteiger partial charge in [0.15, 0.2) is 5.78 Å². The molecule has 2 aromatic heterocycles. The fraction of sp³-hybridized carbons (Fsp3) is 0.500. The lowest BCUT2D eigenvalue weighted by Crippen LogP contribution is -2.25. The molecule has 1 aliphatic rings. The van der Waals surface area contributed by atoms with Crippen molar-refractivity contribution in [3.63, 3.8) is 0 Å². The molecule has 6 nitrogen and oxygen atoms in total. The van der Waals surface area contributed by atoms with Crippen LogP contribution < -0.4 is 5.32 Å². The Morgan fingerprint density at radius 3 is 2.62 bits per heavy atom. The average Bonchev–Trinajstić information content (AvgIpc) is 3.15. The van der Waals surface area contributed by atoms with Crippen LogP contribution in [-0.4, -0.2) is 25.5 Å². The van der Waals surface area contributed by atoms with Gasteiger partial charge < -0.3 is 5.32 Å². The third kappa shape index (κ3) is 3.47. The lowest BCUT2D eigenvalue weighted by Gasteiger charge is -2.22. The number of hydrogen-bond acceptors (Lipinski definition) is 5. The quantitative estimate of drug-likeness (QED) is 0.864. The highest BCUT2D eigenvalue weighted by atomic mass is 16.1. The summed E-state index contributed by atoms with van der Waals surface area (Å²) < 4.78 is 2.00. The van der Waals surface area contributed by atoms with Crippen LogP contribution in [0.15, 0.2) is 18.5 Å². The van der Waals surface area contributed by atoms with E-state index in [1.165, 1.54) is 13.1 Å². The number of rotatable bonds is 4. The van der Waals surface area contributed by atoms with E-state index in [1.807, 2.05) is 4.68 Å². The van der Waals surface area contributed by atoms with Crippen molar-refractivity contribution in [3.05, 3.63) is 36.3 Å². The maximum absolute atomic E-state index is 11.3. The first-order chi connectivity index (χ1) is 11.3. The minimum absolute atomic E-state index is 0.0893. The fourth-order valence-corrected chi connectivity index (χ4v) is 2.93. The SMILES string of the molecule is CC(=O)c1cnc(Nc2cc([C@H]3C[CH]CC3)nn2C(C)(C)C)cn1. The van der Waals surface area contributed by atoms with Crippen molar-refractivity contribution in [2.45, 2.75) is 58.4 Å². The van der Waals surface area contributed by atoms with Gasteiger partial charge in [0.05, 0.1) is 23.6 Å². The highest BCUT2D eigenvalue weighted by Crippen LogP contribution is 2.35. The van der Waals surface area contributed by atoms with E-state index in [0.29, 0.717) is 17.4 Å². The van der Waals surface area contributed by atoms with Gasteiger partial charge in [-0.25, -0.2) is 14.6 Å². The molecule has 6 heteroatoms. The van der Waals surface area contributed by atoms with Gasteiger partial charge >= 0.3 is 0 Å². The lowest BCUT2D eigenvalue weighted by atomic mass is 10.0. The van der Waals surface area contributed by atoms with E-state index in [4.69, 9.17) is 5.10 Å². The van der Waals surface area contributed by atoms with Crippen molar-refractivity contribution < 1.29 is 4.79 Å². The molecule has 0 unspecified atom stereocenters. The van der Waals surface area contributed by atoms with Crippen LogP contribution in [0.2, 0.25) is 0 Å². The Morgan fingerprint density at radius 2 is 2.08 bits per heavy atom. The minimum Gasteiger partial charge on any atom is -0.324 e. The Morgan fingerprint density at radius 1 is 1.29 bits per heavy atom. The maximum atomic E-state index is 11.3. The Labute approximate surface area is 142 Å². The summed E-state index contributed by atoms with van der Waals surface area (Å²) in [5.41, 5.74) is 1.34. The largest absolute Gasteiger partial charge is 0.324 e. The normalized spacial score (nSPS) is 15.7. The lowest BCUT2D eigenvalue weighted by molar-refractivity contribution is 0.101. The van der Waals surface area contributed by atoms with E-state index in [-0.39, 0.29) is 11.3 Å². The van der Waals surface area contributed by atoms with E-state index < -0.39 is 0 Å². The van der Waals surface area contributed by atoms with Gasteiger partial charge in [-0.15, -0.1) is 0 Å². The standard InChI is InChI=1S/C18H24N5O/c1-12(24)15-10-20-16(11-19-15)21-17-9-14(13-7-5-6-8-13)22-23(17)18(2,3)4/h5,9-11,13H,6-8H2,1-4H3,(H,20,21)/t13-/m0/s1. The van der Waals surface area contributed by atoms with Gasteiger partial charge in [-0.3, -0.25) is 4.79 Å². The van der Waals surface area contributed by atoms with Crippen molar-refractivity contribution in [2.75, 3.05) is 5.32 Å². The zero-order valence-electron chi connectivity index (χ0n) is 14.7. The molecular formula is C18H24N5O. The Kier molecular flexibility index (Phi) is 4.39. The third-order valence-electron chi connectivity index (χ3n) is 4.22. The van der Waals surface area contributed by atoms with E-state index in [2.05, 4.69) is 48.5 Å². The smallest absolute Gasteiger partial charge is 0.179 e. The molecule has 1 aliphatic carbocycles. The molecule has 1 N–H and O–H groups in total. The van der Waals surface area contributed by atoms with Crippen LogP contribution in [0.1, 0.15) is 69.1 Å². The fourth-order valence-electron chi connectivity index (χ4n) is 2.93. The number of anilines is 2. The van der Waals surface area contributed by atoms with E-state index in [0.717, 1.165) is 30.8 Å². The molecule has 1 saturated carbocycles. The molecule has 1 radical (unpaired) electrons. The molecular weight excluding hydrogens is 302 g/mol. The molecule has 3 rings (SSSR count). The summed E-state index contributed by atoms with van der Waals surface area (Å²) in [7, 11) is 0. The summed E-state index contributed by atoms with van der Waals surface area (Å²) in [6.45, 7) is 7.86. The zero-order valence-corrected chi connectivity index (χ0v) is 14.7. The van der Waals surface area contributed by atoms with Gasteiger partial charge in [0.1, 0.15) is 17.3 Å². The van der Waals surface area contributed by atoms with Crippen LogP contribution in [0.3, 0.4) is 0 Å². The van der Waals surface area contributed by atoms with Crippen LogP contribution in [0.25, 0.3) is 0 Å². The summed E-state index contributed by atoms with van der Waals surface area (Å²) in [5, 5.41) is 8.13. The maximum Gasteiger partial charge on any atom is 0.179 e. The molecule has 2 aromatic rings. The molecule has 0 spiro atoms. The zero-order chi connectivity index (χ0) is 17.3. The summed E-state index contributed by atoms with van der Waals surface area (Å²) in [4.78, 5) is 19.7. The predicted octanol–water partition coefficient (Wildman–Crippen LogP) is 3.85. The Hall–Kier alpha value is -2.24. The van der Waals surface area contributed by atoms with Crippen molar-refractivity contribution in [2.24, 2.45) is 0 Å². The molecule has 0 aliphatic heterocycles. The highest BCUT2D eigenvalue weighted by Gasteiger charge is 2.25. The number of carbonyl (C=O) groups is 1. The summed E-state index contributed by atoms with van der Waals surface area (Å²) in [6, 6.07) is 2.11. The second-order valence-corrected chi connectivity index (χ2v) is 7.30. The van der Waals surface area contributed by atoms with E-state index >= 15 is 0 Å². The number of nitrogens with one attached hydrogen (secondary N) is 1. The van der Waals surface area contributed by atoms with Crippen LogP contribution in [0, 0.1) is 6.42 Å². The highest BCUT2D eigenvalue weighted by molar-refractivity contribution is 5.91. The summed E-state index contributed by atoms with van der Waals surface area (Å²) in [6.07, 6.45) is 8.82. The number of aromatic nitrogens is 4. The minimum atomic E-state index is -0.143. The molecule has 0 bridgehead atoms. The van der Waals surface area contributed by atoms with E-state index in [9.17, 15) is 4.79 Å². The van der Waals surface area contributed by atoms with Gasteiger partial charge in [-0.2, -0.15) is 5.10 Å². The van der Waals surface area contributed by atoms with Crippen LogP contribution in [-0.2, 0) is 5.54 Å². The predicted molar refractivity (Wildman–Crippen MR) is 93.4 cm³/mol. The van der Waals surface area contributed by atoms with Crippen molar-refractivity contribution in [1.29, 1.82) is 0 Å². The van der Waals surface area contributed by atoms with Crippen LogP contribution >= 0.6 is 0 Å².